The molecular weight excluding hydrogens is 327 g/mol. The molecule has 0 aliphatic rings. The fourth-order valence-corrected chi connectivity index (χ4v) is 2.64. The maximum atomic E-state index is 13.6. The highest BCUT2D eigenvalue weighted by atomic mass is 19.1. The Morgan fingerprint density at radius 2 is 1.88 bits per heavy atom. The van der Waals surface area contributed by atoms with Gasteiger partial charge >= 0.3 is 0 Å². The van der Waals surface area contributed by atoms with Crippen LogP contribution in [0.5, 0.6) is 0 Å². The molecule has 1 atom stereocenters. The molecule has 130 valence electrons. The number of hydrogen-bond donors (Lipinski definition) is 1. The average Bonchev–Trinajstić information content (AvgIpc) is 2.68. The molecule has 26 heavy (non-hydrogen) atoms. The number of carbonyl (C=O) groups is 1. The van der Waals surface area contributed by atoms with Crippen LogP contribution in [0.25, 0.3) is 17.2 Å². The molecule has 0 spiro atoms. The van der Waals surface area contributed by atoms with E-state index in [1.54, 1.807) is 30.6 Å². The van der Waals surface area contributed by atoms with Gasteiger partial charge in [-0.2, -0.15) is 0 Å². The van der Waals surface area contributed by atoms with E-state index >= 15 is 0 Å². The van der Waals surface area contributed by atoms with Crippen molar-refractivity contribution in [2.24, 2.45) is 0 Å². The highest BCUT2D eigenvalue weighted by Crippen LogP contribution is 2.22. The molecule has 0 radical (unpaired) electrons. The van der Waals surface area contributed by atoms with Crippen molar-refractivity contribution in [1.82, 2.24) is 10.3 Å². The lowest BCUT2D eigenvalue weighted by molar-refractivity contribution is -0.117. The van der Waals surface area contributed by atoms with E-state index in [2.05, 4.69) is 10.3 Å². The number of aromatic nitrogens is 1. The van der Waals surface area contributed by atoms with Crippen LogP contribution in [0.1, 0.15) is 24.1 Å². The lowest BCUT2D eigenvalue weighted by Gasteiger charge is -2.14. The van der Waals surface area contributed by atoms with Crippen molar-refractivity contribution in [1.29, 1.82) is 0 Å². The average molecular weight is 346 g/mol. The van der Waals surface area contributed by atoms with Crippen molar-refractivity contribution in [3.8, 4) is 11.1 Å². The molecule has 3 aromatic rings. The van der Waals surface area contributed by atoms with Crippen molar-refractivity contribution >= 4 is 12.0 Å². The van der Waals surface area contributed by atoms with Gasteiger partial charge in [0.15, 0.2) is 0 Å². The van der Waals surface area contributed by atoms with Crippen molar-refractivity contribution < 1.29 is 9.18 Å². The minimum Gasteiger partial charge on any atom is -0.346 e. The highest BCUT2D eigenvalue weighted by molar-refractivity contribution is 5.92. The van der Waals surface area contributed by atoms with Gasteiger partial charge in [0.2, 0.25) is 5.91 Å². The first-order chi connectivity index (χ1) is 12.6. The fraction of sp³-hybridized carbons (Fsp3) is 0.0909. The number of nitrogens with zero attached hydrogens (tertiary/aromatic N) is 1. The lowest BCUT2D eigenvalue weighted by atomic mass is 10.0. The molecule has 0 saturated heterocycles. The Morgan fingerprint density at radius 3 is 2.65 bits per heavy atom. The van der Waals surface area contributed by atoms with Gasteiger partial charge in [-0.15, -0.1) is 0 Å². The Kier molecular flexibility index (Phi) is 5.54. The molecule has 0 fully saturated rings. The summed E-state index contributed by atoms with van der Waals surface area (Å²) in [6, 6.07) is 18.0. The predicted octanol–water partition coefficient (Wildman–Crippen LogP) is 4.78. The summed E-state index contributed by atoms with van der Waals surface area (Å²) in [4.78, 5) is 16.3. The molecule has 0 aliphatic heterocycles. The summed E-state index contributed by atoms with van der Waals surface area (Å²) >= 11 is 0. The van der Waals surface area contributed by atoms with Gasteiger partial charge < -0.3 is 5.32 Å². The van der Waals surface area contributed by atoms with Gasteiger partial charge in [0, 0.05) is 24.0 Å². The Labute approximate surface area is 152 Å². The van der Waals surface area contributed by atoms with E-state index in [4.69, 9.17) is 0 Å². The van der Waals surface area contributed by atoms with Crippen LogP contribution >= 0.6 is 0 Å². The summed E-state index contributed by atoms with van der Waals surface area (Å²) in [6.07, 6.45) is 6.36. The van der Waals surface area contributed by atoms with E-state index in [1.165, 1.54) is 18.2 Å². The summed E-state index contributed by atoms with van der Waals surface area (Å²) in [5.74, 6) is -0.624. The van der Waals surface area contributed by atoms with Gasteiger partial charge in [-0.05, 0) is 47.9 Å². The van der Waals surface area contributed by atoms with E-state index < -0.39 is 0 Å². The molecule has 1 amide bonds. The van der Waals surface area contributed by atoms with Crippen LogP contribution in [0.2, 0.25) is 0 Å². The van der Waals surface area contributed by atoms with Gasteiger partial charge in [-0.3, -0.25) is 9.78 Å². The standard InChI is InChI=1S/C22H19FN2O/c1-16(25-22(26)12-11-17-6-2-3-10-21(17)23)18-7-4-8-19(14-18)20-9-5-13-24-15-20/h2-16H,1H3,(H,25,26)/b12-11+. The quantitative estimate of drug-likeness (QED) is 0.676. The molecule has 0 bridgehead atoms. The predicted molar refractivity (Wildman–Crippen MR) is 102 cm³/mol. The number of pyridine rings is 1. The maximum Gasteiger partial charge on any atom is 0.244 e. The number of carbonyl (C=O) groups excluding carboxylic acids is 1. The Balaban J connectivity index is 1.69. The number of halogens is 1. The SMILES string of the molecule is CC(NC(=O)/C=C/c1ccccc1F)c1cccc(-c2cccnc2)c1. The van der Waals surface area contributed by atoms with Gasteiger partial charge in [0.1, 0.15) is 5.82 Å². The van der Waals surface area contributed by atoms with E-state index in [1.807, 2.05) is 43.3 Å². The van der Waals surface area contributed by atoms with E-state index in [9.17, 15) is 9.18 Å². The van der Waals surface area contributed by atoms with Crippen LogP contribution < -0.4 is 5.32 Å². The number of benzene rings is 2. The molecule has 4 heteroatoms. The van der Waals surface area contributed by atoms with Crippen LogP contribution in [0.15, 0.2) is 79.1 Å². The van der Waals surface area contributed by atoms with Crippen molar-refractivity contribution in [2.75, 3.05) is 0 Å². The van der Waals surface area contributed by atoms with Crippen LogP contribution in [-0.2, 0) is 4.79 Å². The number of hydrogen-bond acceptors (Lipinski definition) is 2. The van der Waals surface area contributed by atoms with Crippen molar-refractivity contribution in [2.45, 2.75) is 13.0 Å². The largest absolute Gasteiger partial charge is 0.346 e. The zero-order valence-electron chi connectivity index (χ0n) is 14.4. The molecule has 3 nitrogen and oxygen atoms in total. The molecule has 1 heterocycles. The first-order valence-electron chi connectivity index (χ1n) is 8.37. The molecule has 3 rings (SSSR count). The second kappa shape index (κ2) is 8.21. The lowest BCUT2D eigenvalue weighted by Crippen LogP contribution is -2.24. The second-order valence-corrected chi connectivity index (χ2v) is 5.95. The zero-order chi connectivity index (χ0) is 18.4. The summed E-state index contributed by atoms with van der Waals surface area (Å²) in [5, 5.41) is 2.90. The first kappa shape index (κ1) is 17.5. The number of nitrogens with one attached hydrogen (secondary N) is 1. The van der Waals surface area contributed by atoms with Crippen molar-refractivity contribution in [3.63, 3.8) is 0 Å². The highest BCUT2D eigenvalue weighted by Gasteiger charge is 2.09. The number of amides is 1. The summed E-state index contributed by atoms with van der Waals surface area (Å²) in [5.41, 5.74) is 3.43. The van der Waals surface area contributed by atoms with Gasteiger partial charge in [-0.1, -0.05) is 42.5 Å². The van der Waals surface area contributed by atoms with E-state index in [0.29, 0.717) is 5.56 Å². The van der Waals surface area contributed by atoms with Gasteiger partial charge in [-0.25, -0.2) is 4.39 Å². The summed E-state index contributed by atoms with van der Waals surface area (Å²) in [7, 11) is 0. The maximum absolute atomic E-state index is 13.6. The van der Waals surface area contributed by atoms with Crippen LogP contribution in [0.4, 0.5) is 4.39 Å². The van der Waals surface area contributed by atoms with E-state index in [0.717, 1.165) is 16.7 Å². The minimum absolute atomic E-state index is 0.176. The molecule has 1 unspecified atom stereocenters. The molecule has 2 aromatic carbocycles. The summed E-state index contributed by atoms with van der Waals surface area (Å²) < 4.78 is 13.6. The Bertz CT molecular complexity index is 922. The van der Waals surface area contributed by atoms with Gasteiger partial charge in [0.05, 0.1) is 6.04 Å². The molecule has 1 N–H and O–H groups in total. The third kappa shape index (κ3) is 4.42. The Hall–Kier alpha value is -3.27. The summed E-state index contributed by atoms with van der Waals surface area (Å²) in [6.45, 7) is 1.91. The fourth-order valence-electron chi connectivity index (χ4n) is 2.64. The van der Waals surface area contributed by atoms with E-state index in [-0.39, 0.29) is 17.8 Å². The first-order valence-corrected chi connectivity index (χ1v) is 8.37. The zero-order valence-corrected chi connectivity index (χ0v) is 14.4. The molecular formula is C22H19FN2O. The minimum atomic E-state index is -0.353. The van der Waals surface area contributed by atoms with Crippen LogP contribution in [-0.4, -0.2) is 10.9 Å². The number of rotatable bonds is 5. The van der Waals surface area contributed by atoms with Crippen LogP contribution in [0, 0.1) is 5.82 Å². The third-order valence-corrected chi connectivity index (χ3v) is 4.06. The molecule has 1 aromatic heterocycles. The third-order valence-electron chi connectivity index (χ3n) is 4.06. The normalized spacial score (nSPS) is 12.1. The second-order valence-electron chi connectivity index (χ2n) is 5.95. The monoisotopic (exact) mass is 346 g/mol. The smallest absolute Gasteiger partial charge is 0.244 e. The topological polar surface area (TPSA) is 42.0 Å². The van der Waals surface area contributed by atoms with Gasteiger partial charge in [0.25, 0.3) is 0 Å². The Morgan fingerprint density at radius 1 is 1.08 bits per heavy atom. The molecule has 0 aliphatic carbocycles. The molecule has 0 saturated carbocycles. The van der Waals surface area contributed by atoms with Crippen molar-refractivity contribution in [3.05, 3.63) is 96.1 Å². The van der Waals surface area contributed by atoms with Crippen LogP contribution in [0.3, 0.4) is 0 Å².